The van der Waals surface area contributed by atoms with Gasteiger partial charge in [-0.3, -0.25) is 4.79 Å². The van der Waals surface area contributed by atoms with Crippen LogP contribution >= 0.6 is 11.6 Å². The van der Waals surface area contributed by atoms with E-state index in [1.54, 1.807) is 0 Å². The highest BCUT2D eigenvalue weighted by molar-refractivity contribution is 6.17. The number of alkyl halides is 1. The fraction of sp³-hybridized carbons (Fsp3) is 0.889. The van der Waals surface area contributed by atoms with Gasteiger partial charge >= 0.3 is 0 Å². The van der Waals surface area contributed by atoms with Crippen LogP contribution in [0.3, 0.4) is 0 Å². The monoisotopic (exact) mass is 434 g/mol. The molecule has 0 spiro atoms. The predicted molar refractivity (Wildman–Crippen MR) is 125 cm³/mol. The summed E-state index contributed by atoms with van der Waals surface area (Å²) in [5.74, 6) is 3.88. The fourth-order valence-corrected chi connectivity index (χ4v) is 8.46. The number of allylic oxidation sites excluding steroid dienone is 1. The number of rotatable bonds is 7. The van der Waals surface area contributed by atoms with Gasteiger partial charge in [0, 0.05) is 12.3 Å². The lowest BCUT2D eigenvalue weighted by Crippen LogP contribution is -2.56. The largest absolute Gasteiger partial charge is 0.390 e. The summed E-state index contributed by atoms with van der Waals surface area (Å²) in [4.78, 5) is 12.3. The highest BCUT2D eigenvalue weighted by atomic mass is 35.5. The zero-order chi connectivity index (χ0) is 21.6. The average Bonchev–Trinajstić information content (AvgIpc) is 2.95. The molecule has 0 amide bonds. The van der Waals surface area contributed by atoms with E-state index in [2.05, 4.69) is 20.8 Å². The summed E-state index contributed by atoms with van der Waals surface area (Å²) in [5.41, 5.74) is 1.23. The molecule has 7 atom stereocenters. The second-order valence-corrected chi connectivity index (χ2v) is 12.2. The van der Waals surface area contributed by atoms with Crippen molar-refractivity contribution in [1.29, 1.82) is 0 Å². The minimum absolute atomic E-state index is 0.0643. The third-order valence-electron chi connectivity index (χ3n) is 10.4. The van der Waals surface area contributed by atoms with E-state index in [9.17, 15) is 9.90 Å². The lowest BCUT2D eigenvalue weighted by Gasteiger charge is -2.61. The highest BCUT2D eigenvalue weighted by Crippen LogP contribution is 2.69. The van der Waals surface area contributed by atoms with Gasteiger partial charge in [0.05, 0.1) is 5.60 Å². The van der Waals surface area contributed by atoms with Gasteiger partial charge in [-0.15, -0.1) is 11.6 Å². The number of carbonyl (C=O) groups is 1. The maximum absolute atomic E-state index is 12.3. The van der Waals surface area contributed by atoms with Crippen molar-refractivity contribution >= 4 is 17.4 Å². The Labute approximate surface area is 189 Å². The van der Waals surface area contributed by atoms with Crippen LogP contribution in [-0.4, -0.2) is 22.4 Å². The Balaban J connectivity index is 1.57. The van der Waals surface area contributed by atoms with Gasteiger partial charge in [-0.25, -0.2) is 0 Å². The molecule has 2 unspecified atom stereocenters. The number of aliphatic hydroxyl groups is 1. The van der Waals surface area contributed by atoms with Crippen molar-refractivity contribution in [1.82, 2.24) is 0 Å². The van der Waals surface area contributed by atoms with Crippen molar-refractivity contribution in [2.24, 2.45) is 34.5 Å². The summed E-state index contributed by atoms with van der Waals surface area (Å²) < 4.78 is 0. The molecule has 2 nitrogen and oxygen atoms in total. The molecule has 0 radical (unpaired) electrons. The first kappa shape index (κ1) is 22.8. The van der Waals surface area contributed by atoms with Gasteiger partial charge < -0.3 is 5.11 Å². The summed E-state index contributed by atoms with van der Waals surface area (Å²) in [6.07, 6.45) is 17.0. The summed E-state index contributed by atoms with van der Waals surface area (Å²) in [6, 6.07) is 0. The molecule has 0 aromatic carbocycles. The normalized spacial score (nSPS) is 45.5. The SMILES string of the molecule is CC1(O)CC[C@H]2[C@@H]3C(CCCCCCCCl)CC4=CC(=O)CC[C@]4(C)[C@@H]3CC[C@@]21C. The van der Waals surface area contributed by atoms with Crippen molar-refractivity contribution in [3.05, 3.63) is 11.6 Å². The van der Waals surface area contributed by atoms with E-state index in [0.717, 1.165) is 50.3 Å². The molecule has 4 aliphatic carbocycles. The molecule has 0 heterocycles. The van der Waals surface area contributed by atoms with E-state index in [4.69, 9.17) is 11.6 Å². The number of carbonyl (C=O) groups excluding carboxylic acids is 1. The van der Waals surface area contributed by atoms with E-state index in [1.165, 1.54) is 50.5 Å². The summed E-state index contributed by atoms with van der Waals surface area (Å²) in [7, 11) is 0. The minimum Gasteiger partial charge on any atom is -0.390 e. The van der Waals surface area contributed by atoms with Crippen LogP contribution in [0.2, 0.25) is 0 Å². The molecule has 4 aliphatic rings. The third kappa shape index (κ3) is 3.72. The lowest BCUT2D eigenvalue weighted by molar-refractivity contribution is -0.135. The molecule has 30 heavy (non-hydrogen) atoms. The zero-order valence-electron chi connectivity index (χ0n) is 19.5. The Morgan fingerprint density at radius 2 is 1.70 bits per heavy atom. The number of halogens is 1. The Bertz CT molecular complexity index is 682. The van der Waals surface area contributed by atoms with Gasteiger partial charge in [-0.1, -0.05) is 45.1 Å². The van der Waals surface area contributed by atoms with Crippen LogP contribution in [0.5, 0.6) is 0 Å². The second-order valence-electron chi connectivity index (χ2n) is 11.8. The average molecular weight is 435 g/mol. The first-order valence-corrected chi connectivity index (χ1v) is 13.3. The van der Waals surface area contributed by atoms with Crippen LogP contribution < -0.4 is 0 Å². The molecular weight excluding hydrogens is 392 g/mol. The standard InChI is InChI=1S/C27H43ClO2/c1-25-13-10-21(29)18-20(25)17-19(9-7-5-4-6-8-16-28)24-22(25)11-14-26(2)23(24)12-15-27(26,3)30/h18-19,22-24,30H,4-17H2,1-3H3/t19?,22-,23+,24-,25+,26+,27?/m1/s1. The van der Waals surface area contributed by atoms with Crippen LogP contribution in [0, 0.1) is 34.5 Å². The number of ketones is 1. The Kier molecular flexibility index (Phi) is 6.50. The number of hydrogen-bond acceptors (Lipinski definition) is 2. The highest BCUT2D eigenvalue weighted by Gasteiger charge is 2.64. The molecule has 1 N–H and O–H groups in total. The van der Waals surface area contributed by atoms with E-state index < -0.39 is 5.60 Å². The molecule has 0 saturated heterocycles. The van der Waals surface area contributed by atoms with Crippen molar-refractivity contribution in [3.8, 4) is 0 Å². The van der Waals surface area contributed by atoms with Gasteiger partial charge in [-0.2, -0.15) is 0 Å². The van der Waals surface area contributed by atoms with E-state index in [0.29, 0.717) is 23.5 Å². The van der Waals surface area contributed by atoms with E-state index >= 15 is 0 Å². The Morgan fingerprint density at radius 3 is 2.47 bits per heavy atom. The van der Waals surface area contributed by atoms with Crippen LogP contribution in [-0.2, 0) is 4.79 Å². The van der Waals surface area contributed by atoms with E-state index in [-0.39, 0.29) is 10.8 Å². The van der Waals surface area contributed by atoms with Crippen molar-refractivity contribution in [2.45, 2.75) is 110 Å². The first-order chi connectivity index (χ1) is 14.2. The van der Waals surface area contributed by atoms with Crippen molar-refractivity contribution in [3.63, 3.8) is 0 Å². The lowest BCUT2D eigenvalue weighted by atomic mass is 9.44. The number of unbranched alkanes of at least 4 members (excludes halogenated alkanes) is 4. The quantitative estimate of drug-likeness (QED) is 0.343. The molecular formula is C27H43ClO2. The number of hydrogen-bond donors (Lipinski definition) is 1. The predicted octanol–water partition coefficient (Wildman–Crippen LogP) is 7.07. The van der Waals surface area contributed by atoms with Gasteiger partial charge in [0.25, 0.3) is 0 Å². The van der Waals surface area contributed by atoms with Crippen LogP contribution in [0.1, 0.15) is 104 Å². The zero-order valence-corrected chi connectivity index (χ0v) is 20.3. The Morgan fingerprint density at radius 1 is 1.00 bits per heavy atom. The summed E-state index contributed by atoms with van der Waals surface area (Å²) in [5, 5.41) is 11.3. The third-order valence-corrected chi connectivity index (χ3v) is 10.7. The van der Waals surface area contributed by atoms with Crippen LogP contribution in [0.15, 0.2) is 11.6 Å². The van der Waals surface area contributed by atoms with Gasteiger partial charge in [0.2, 0.25) is 0 Å². The van der Waals surface area contributed by atoms with Crippen LogP contribution in [0.25, 0.3) is 0 Å². The summed E-state index contributed by atoms with van der Waals surface area (Å²) >= 11 is 5.84. The van der Waals surface area contributed by atoms with Crippen molar-refractivity contribution in [2.75, 3.05) is 5.88 Å². The molecule has 0 aromatic rings. The molecule has 170 valence electrons. The fourth-order valence-electron chi connectivity index (χ4n) is 8.28. The van der Waals surface area contributed by atoms with Gasteiger partial charge in [-0.05, 0) is 98.9 Å². The molecule has 3 saturated carbocycles. The van der Waals surface area contributed by atoms with Gasteiger partial charge in [0.15, 0.2) is 5.78 Å². The smallest absolute Gasteiger partial charge is 0.155 e. The summed E-state index contributed by atoms with van der Waals surface area (Å²) in [6.45, 7) is 6.97. The molecule has 0 aromatic heterocycles. The maximum atomic E-state index is 12.3. The van der Waals surface area contributed by atoms with Crippen molar-refractivity contribution < 1.29 is 9.90 Å². The Hall–Kier alpha value is -0.340. The molecule has 4 rings (SSSR count). The van der Waals surface area contributed by atoms with Crippen LogP contribution in [0.4, 0.5) is 0 Å². The molecule has 0 aliphatic heterocycles. The first-order valence-electron chi connectivity index (χ1n) is 12.8. The number of fused-ring (bicyclic) bond motifs is 5. The molecule has 3 heteroatoms. The topological polar surface area (TPSA) is 37.3 Å². The van der Waals surface area contributed by atoms with Gasteiger partial charge in [0.1, 0.15) is 0 Å². The molecule has 3 fully saturated rings. The minimum atomic E-state index is -0.520. The maximum Gasteiger partial charge on any atom is 0.155 e. The second kappa shape index (κ2) is 8.54. The van der Waals surface area contributed by atoms with E-state index in [1.807, 2.05) is 6.08 Å². The molecule has 0 bridgehead atoms.